The summed E-state index contributed by atoms with van der Waals surface area (Å²) in [6.07, 6.45) is 1.07. The molecule has 0 bridgehead atoms. The average molecular weight is 310 g/mol. The van der Waals surface area contributed by atoms with E-state index in [9.17, 15) is 0 Å². The molecule has 0 radical (unpaired) electrons. The van der Waals surface area contributed by atoms with E-state index in [4.69, 9.17) is 14.2 Å². The smallest absolute Gasteiger partial charge is 0.119 e. The molecule has 2 aromatic rings. The first-order valence-corrected chi connectivity index (χ1v) is 8.18. The molecule has 2 aliphatic rings. The Morgan fingerprint density at radius 3 is 2.35 bits per heavy atom. The molecule has 120 valence electrons. The molecule has 3 atom stereocenters. The Labute approximate surface area is 137 Å². The molecule has 0 unspecified atom stereocenters. The normalized spacial score (nSPS) is 25.6. The van der Waals surface area contributed by atoms with Gasteiger partial charge in [-0.05, 0) is 59.2 Å². The predicted molar refractivity (Wildman–Crippen MR) is 89.5 cm³/mol. The van der Waals surface area contributed by atoms with E-state index >= 15 is 0 Å². The summed E-state index contributed by atoms with van der Waals surface area (Å²) < 4.78 is 16.6. The zero-order valence-electron chi connectivity index (χ0n) is 13.6. The van der Waals surface area contributed by atoms with E-state index in [2.05, 4.69) is 42.5 Å². The monoisotopic (exact) mass is 310 g/mol. The minimum Gasteiger partial charge on any atom is -0.497 e. The molecule has 23 heavy (non-hydrogen) atoms. The standard InChI is InChI=1S/C20H22O3/c1-21-15-6-3-13(4-7-15)17-9-14-5-8-16(22-2)10-18(14)20-12-23-11-19(17)20/h3-8,10,17,19-20H,9,11-12H2,1-2H3/t17-,19+,20-/m0/s1. The Morgan fingerprint density at radius 2 is 1.61 bits per heavy atom. The van der Waals surface area contributed by atoms with E-state index in [0.29, 0.717) is 17.8 Å². The third-order valence-corrected chi connectivity index (χ3v) is 5.38. The van der Waals surface area contributed by atoms with Crippen molar-refractivity contribution in [1.29, 1.82) is 0 Å². The van der Waals surface area contributed by atoms with E-state index < -0.39 is 0 Å². The van der Waals surface area contributed by atoms with Crippen molar-refractivity contribution < 1.29 is 14.2 Å². The number of fused-ring (bicyclic) bond motifs is 3. The fraction of sp³-hybridized carbons (Fsp3) is 0.400. The minimum absolute atomic E-state index is 0.473. The molecule has 0 saturated carbocycles. The van der Waals surface area contributed by atoms with E-state index in [1.54, 1.807) is 14.2 Å². The van der Waals surface area contributed by atoms with Gasteiger partial charge in [0, 0.05) is 5.92 Å². The predicted octanol–water partition coefficient (Wildman–Crippen LogP) is 3.77. The second kappa shape index (κ2) is 5.89. The van der Waals surface area contributed by atoms with Gasteiger partial charge in [0.05, 0.1) is 27.4 Å². The lowest BCUT2D eigenvalue weighted by Gasteiger charge is -2.35. The van der Waals surface area contributed by atoms with Gasteiger partial charge >= 0.3 is 0 Å². The van der Waals surface area contributed by atoms with Gasteiger partial charge in [-0.2, -0.15) is 0 Å². The van der Waals surface area contributed by atoms with Crippen LogP contribution in [0.15, 0.2) is 42.5 Å². The van der Waals surface area contributed by atoms with Crippen molar-refractivity contribution in [1.82, 2.24) is 0 Å². The molecular formula is C20H22O3. The van der Waals surface area contributed by atoms with E-state index in [-0.39, 0.29) is 0 Å². The molecule has 1 aliphatic heterocycles. The second-order valence-electron chi connectivity index (χ2n) is 6.46. The van der Waals surface area contributed by atoms with Crippen molar-refractivity contribution in [3.8, 4) is 11.5 Å². The molecular weight excluding hydrogens is 288 g/mol. The van der Waals surface area contributed by atoms with Crippen LogP contribution >= 0.6 is 0 Å². The lowest BCUT2D eigenvalue weighted by molar-refractivity contribution is 0.180. The minimum atomic E-state index is 0.473. The number of hydrogen-bond donors (Lipinski definition) is 0. The van der Waals surface area contributed by atoms with Crippen LogP contribution in [0.1, 0.15) is 28.5 Å². The summed E-state index contributed by atoms with van der Waals surface area (Å²) in [6.45, 7) is 1.66. The molecule has 2 aromatic carbocycles. The largest absolute Gasteiger partial charge is 0.497 e. The van der Waals surface area contributed by atoms with Crippen LogP contribution in [0.2, 0.25) is 0 Å². The third kappa shape index (κ3) is 2.49. The summed E-state index contributed by atoms with van der Waals surface area (Å²) in [5.74, 6) is 3.38. The molecule has 4 rings (SSSR count). The first-order chi connectivity index (χ1) is 11.3. The quantitative estimate of drug-likeness (QED) is 0.863. The second-order valence-corrected chi connectivity index (χ2v) is 6.46. The number of ether oxygens (including phenoxy) is 3. The highest BCUT2D eigenvalue weighted by molar-refractivity contribution is 5.44. The third-order valence-electron chi connectivity index (χ3n) is 5.38. The van der Waals surface area contributed by atoms with Crippen LogP contribution in [-0.2, 0) is 11.2 Å². The van der Waals surface area contributed by atoms with Gasteiger partial charge in [-0.25, -0.2) is 0 Å². The molecule has 3 heteroatoms. The molecule has 0 amide bonds. The first kappa shape index (κ1) is 14.6. The summed E-state index contributed by atoms with van der Waals surface area (Å²) in [5, 5.41) is 0. The number of benzene rings is 2. The first-order valence-electron chi connectivity index (χ1n) is 8.18. The highest BCUT2D eigenvalue weighted by Crippen LogP contribution is 2.48. The van der Waals surface area contributed by atoms with Crippen molar-refractivity contribution in [3.63, 3.8) is 0 Å². The van der Waals surface area contributed by atoms with Crippen molar-refractivity contribution >= 4 is 0 Å². The number of methoxy groups -OCH3 is 2. The summed E-state index contributed by atoms with van der Waals surface area (Å²) >= 11 is 0. The van der Waals surface area contributed by atoms with E-state index in [1.165, 1.54) is 16.7 Å². The zero-order valence-corrected chi connectivity index (χ0v) is 13.6. The van der Waals surface area contributed by atoms with Gasteiger partial charge < -0.3 is 14.2 Å². The molecule has 0 N–H and O–H groups in total. The van der Waals surface area contributed by atoms with Crippen LogP contribution in [0, 0.1) is 5.92 Å². The van der Waals surface area contributed by atoms with Crippen molar-refractivity contribution in [2.24, 2.45) is 5.92 Å². The number of rotatable bonds is 3. The van der Waals surface area contributed by atoms with Gasteiger partial charge in [0.15, 0.2) is 0 Å². The van der Waals surface area contributed by atoms with E-state index in [1.807, 2.05) is 0 Å². The van der Waals surface area contributed by atoms with Gasteiger partial charge in [-0.15, -0.1) is 0 Å². The topological polar surface area (TPSA) is 27.7 Å². The SMILES string of the molecule is COc1ccc([C@@H]2Cc3ccc(OC)cc3[C@@H]3COC[C@H]23)cc1. The van der Waals surface area contributed by atoms with Gasteiger partial charge in [-0.3, -0.25) is 0 Å². The Bertz CT molecular complexity index is 693. The molecule has 3 nitrogen and oxygen atoms in total. The Morgan fingerprint density at radius 1 is 0.870 bits per heavy atom. The number of hydrogen-bond acceptors (Lipinski definition) is 3. The molecule has 0 aromatic heterocycles. The van der Waals surface area contributed by atoms with Gasteiger partial charge in [0.25, 0.3) is 0 Å². The fourth-order valence-corrected chi connectivity index (χ4v) is 4.12. The highest BCUT2D eigenvalue weighted by atomic mass is 16.5. The van der Waals surface area contributed by atoms with Crippen molar-refractivity contribution in [2.45, 2.75) is 18.3 Å². The average Bonchev–Trinajstić information content (AvgIpc) is 3.11. The van der Waals surface area contributed by atoms with Crippen LogP contribution in [-0.4, -0.2) is 27.4 Å². The van der Waals surface area contributed by atoms with Gasteiger partial charge in [-0.1, -0.05) is 18.2 Å². The zero-order chi connectivity index (χ0) is 15.8. The Balaban J connectivity index is 1.71. The van der Waals surface area contributed by atoms with Crippen LogP contribution in [0.25, 0.3) is 0 Å². The molecule has 1 fully saturated rings. The van der Waals surface area contributed by atoms with E-state index in [0.717, 1.165) is 31.1 Å². The van der Waals surface area contributed by atoms with Crippen LogP contribution in [0.3, 0.4) is 0 Å². The maximum absolute atomic E-state index is 5.85. The Kier molecular flexibility index (Phi) is 3.74. The lowest BCUT2D eigenvalue weighted by atomic mass is 9.68. The van der Waals surface area contributed by atoms with Crippen molar-refractivity contribution in [2.75, 3.05) is 27.4 Å². The molecule has 1 saturated heterocycles. The van der Waals surface area contributed by atoms with Gasteiger partial charge in [0.1, 0.15) is 11.5 Å². The maximum Gasteiger partial charge on any atom is 0.119 e. The molecule has 1 aliphatic carbocycles. The molecule has 0 spiro atoms. The maximum atomic E-state index is 5.85. The summed E-state index contributed by atoms with van der Waals surface area (Å²) in [4.78, 5) is 0. The van der Waals surface area contributed by atoms with Crippen LogP contribution < -0.4 is 9.47 Å². The van der Waals surface area contributed by atoms with Gasteiger partial charge in [0.2, 0.25) is 0 Å². The molecule has 1 heterocycles. The Hall–Kier alpha value is -2.00. The summed E-state index contributed by atoms with van der Waals surface area (Å²) in [6, 6.07) is 15.0. The summed E-state index contributed by atoms with van der Waals surface area (Å²) in [7, 11) is 3.44. The summed E-state index contributed by atoms with van der Waals surface area (Å²) in [5.41, 5.74) is 4.22. The lowest BCUT2D eigenvalue weighted by Crippen LogP contribution is -2.27. The van der Waals surface area contributed by atoms with Crippen LogP contribution in [0.5, 0.6) is 11.5 Å². The van der Waals surface area contributed by atoms with Crippen molar-refractivity contribution in [3.05, 3.63) is 59.2 Å². The highest BCUT2D eigenvalue weighted by Gasteiger charge is 2.41. The van der Waals surface area contributed by atoms with Crippen LogP contribution in [0.4, 0.5) is 0 Å². The fourth-order valence-electron chi connectivity index (χ4n) is 4.12.